The zero-order chi connectivity index (χ0) is 16.2. The van der Waals surface area contributed by atoms with Crippen molar-refractivity contribution in [3.63, 3.8) is 0 Å². The number of carbonyl (C=O) groups excluding carboxylic acids is 1. The Morgan fingerprint density at radius 1 is 1.17 bits per heavy atom. The molecule has 1 aromatic rings. The monoisotopic (exact) mass is 361 g/mol. The van der Waals surface area contributed by atoms with Crippen LogP contribution in [0.2, 0.25) is 0 Å². The molecule has 1 fully saturated rings. The highest BCUT2D eigenvalue weighted by molar-refractivity contribution is 7.88. The van der Waals surface area contributed by atoms with Crippen molar-refractivity contribution in [2.45, 2.75) is 25.1 Å². The van der Waals surface area contributed by atoms with E-state index in [2.05, 4.69) is 0 Å². The molecule has 1 aromatic carbocycles. The maximum atomic E-state index is 12.4. The van der Waals surface area contributed by atoms with E-state index in [1.807, 2.05) is 18.2 Å². The SMILES string of the molecule is CC(N)CC(=O)N1CCN(S(=O)(=O)Cc2ccccc2)CC1.Cl. The van der Waals surface area contributed by atoms with E-state index in [-0.39, 0.29) is 30.1 Å². The van der Waals surface area contributed by atoms with Gasteiger partial charge in [0.2, 0.25) is 15.9 Å². The Morgan fingerprint density at radius 2 is 1.74 bits per heavy atom. The Labute approximate surface area is 144 Å². The van der Waals surface area contributed by atoms with Crippen LogP contribution in [0.4, 0.5) is 0 Å². The number of amides is 1. The minimum Gasteiger partial charge on any atom is -0.340 e. The Hall–Kier alpha value is -1.15. The number of rotatable bonds is 5. The van der Waals surface area contributed by atoms with Crippen molar-refractivity contribution in [3.8, 4) is 0 Å². The first-order chi connectivity index (χ1) is 10.4. The number of halogens is 1. The van der Waals surface area contributed by atoms with Crippen LogP contribution in [0.1, 0.15) is 18.9 Å². The number of hydrogen-bond donors (Lipinski definition) is 1. The van der Waals surface area contributed by atoms with E-state index in [1.54, 1.807) is 24.0 Å². The molecule has 1 atom stereocenters. The lowest BCUT2D eigenvalue weighted by atomic mass is 10.2. The Kier molecular flexibility index (Phi) is 7.47. The first kappa shape index (κ1) is 19.9. The highest BCUT2D eigenvalue weighted by Crippen LogP contribution is 2.14. The predicted octanol–water partition coefficient (Wildman–Crippen LogP) is 0.820. The second-order valence-corrected chi connectivity index (χ2v) is 7.67. The van der Waals surface area contributed by atoms with Gasteiger partial charge in [-0.1, -0.05) is 30.3 Å². The molecule has 23 heavy (non-hydrogen) atoms. The molecule has 0 aromatic heterocycles. The lowest BCUT2D eigenvalue weighted by molar-refractivity contribution is -0.132. The molecule has 1 amide bonds. The topological polar surface area (TPSA) is 83.7 Å². The summed E-state index contributed by atoms with van der Waals surface area (Å²) in [5, 5.41) is 0. The third-order valence-corrected chi connectivity index (χ3v) is 5.52. The number of sulfonamides is 1. The molecule has 0 saturated carbocycles. The highest BCUT2D eigenvalue weighted by atomic mass is 35.5. The van der Waals surface area contributed by atoms with Crippen LogP contribution in [0, 0.1) is 0 Å². The van der Waals surface area contributed by atoms with Gasteiger partial charge >= 0.3 is 0 Å². The van der Waals surface area contributed by atoms with Gasteiger partial charge in [-0.3, -0.25) is 4.79 Å². The molecule has 1 saturated heterocycles. The summed E-state index contributed by atoms with van der Waals surface area (Å²) in [6.07, 6.45) is 0.302. The molecule has 130 valence electrons. The molecular formula is C15H24ClN3O3S. The van der Waals surface area contributed by atoms with Gasteiger partial charge in [-0.15, -0.1) is 12.4 Å². The van der Waals surface area contributed by atoms with Crippen molar-refractivity contribution in [1.82, 2.24) is 9.21 Å². The standard InChI is InChI=1S/C15H23N3O3S.ClH/c1-13(16)11-15(19)17-7-9-18(10-8-17)22(20,21)12-14-5-3-2-4-6-14;/h2-6,13H,7-12,16H2,1H3;1H. The Balaban J connectivity index is 0.00000264. The van der Waals surface area contributed by atoms with Crippen molar-refractivity contribution in [1.29, 1.82) is 0 Å². The van der Waals surface area contributed by atoms with Crippen LogP contribution in [-0.2, 0) is 20.6 Å². The van der Waals surface area contributed by atoms with Crippen LogP contribution in [0.5, 0.6) is 0 Å². The molecule has 2 N–H and O–H groups in total. The maximum absolute atomic E-state index is 12.4. The zero-order valence-corrected chi connectivity index (χ0v) is 14.9. The highest BCUT2D eigenvalue weighted by Gasteiger charge is 2.28. The molecule has 1 aliphatic heterocycles. The molecule has 1 heterocycles. The van der Waals surface area contributed by atoms with Crippen LogP contribution < -0.4 is 5.73 Å². The van der Waals surface area contributed by atoms with Crippen LogP contribution in [0.25, 0.3) is 0 Å². The fourth-order valence-electron chi connectivity index (χ4n) is 2.50. The second kappa shape index (κ2) is 8.63. The first-order valence-corrected chi connectivity index (χ1v) is 9.04. The molecule has 0 radical (unpaired) electrons. The number of carbonyl (C=O) groups is 1. The van der Waals surface area contributed by atoms with Gasteiger partial charge in [0, 0.05) is 38.6 Å². The van der Waals surface area contributed by atoms with Crippen LogP contribution >= 0.6 is 12.4 Å². The number of nitrogens with two attached hydrogens (primary N) is 1. The van der Waals surface area contributed by atoms with E-state index in [0.717, 1.165) is 5.56 Å². The van der Waals surface area contributed by atoms with Crippen molar-refractivity contribution in [2.75, 3.05) is 26.2 Å². The summed E-state index contributed by atoms with van der Waals surface area (Å²) in [6, 6.07) is 8.95. The lowest BCUT2D eigenvalue weighted by Crippen LogP contribution is -2.51. The molecular weight excluding hydrogens is 338 g/mol. The molecule has 1 aliphatic rings. The maximum Gasteiger partial charge on any atom is 0.224 e. The molecule has 0 aliphatic carbocycles. The van der Waals surface area contributed by atoms with E-state index < -0.39 is 10.0 Å². The molecule has 0 bridgehead atoms. The molecule has 8 heteroatoms. The summed E-state index contributed by atoms with van der Waals surface area (Å²) >= 11 is 0. The second-order valence-electron chi connectivity index (χ2n) is 5.70. The number of piperazine rings is 1. The van der Waals surface area contributed by atoms with Gasteiger partial charge in [0.05, 0.1) is 5.75 Å². The number of hydrogen-bond acceptors (Lipinski definition) is 4. The van der Waals surface area contributed by atoms with Gasteiger partial charge in [-0.25, -0.2) is 8.42 Å². The Bertz CT molecular complexity index is 600. The van der Waals surface area contributed by atoms with E-state index in [1.165, 1.54) is 4.31 Å². The van der Waals surface area contributed by atoms with Gasteiger partial charge in [0.25, 0.3) is 0 Å². The van der Waals surface area contributed by atoms with Crippen LogP contribution in [0.3, 0.4) is 0 Å². The minimum absolute atomic E-state index is 0. The summed E-state index contributed by atoms with van der Waals surface area (Å²) in [5.41, 5.74) is 6.40. The third-order valence-electron chi connectivity index (χ3n) is 3.67. The average Bonchev–Trinajstić information content (AvgIpc) is 2.47. The lowest BCUT2D eigenvalue weighted by Gasteiger charge is -2.34. The summed E-state index contributed by atoms with van der Waals surface area (Å²) in [6.45, 7) is 3.34. The van der Waals surface area contributed by atoms with E-state index in [4.69, 9.17) is 5.73 Å². The van der Waals surface area contributed by atoms with Gasteiger partial charge in [0.1, 0.15) is 0 Å². The third kappa shape index (κ3) is 5.76. The van der Waals surface area contributed by atoms with E-state index in [0.29, 0.717) is 32.6 Å². The summed E-state index contributed by atoms with van der Waals surface area (Å²) in [7, 11) is -3.34. The van der Waals surface area contributed by atoms with Gasteiger partial charge in [0.15, 0.2) is 0 Å². The van der Waals surface area contributed by atoms with Gasteiger partial charge < -0.3 is 10.6 Å². The fourth-order valence-corrected chi connectivity index (χ4v) is 4.01. The minimum atomic E-state index is -3.34. The Morgan fingerprint density at radius 3 is 2.26 bits per heavy atom. The van der Waals surface area contributed by atoms with E-state index >= 15 is 0 Å². The fraction of sp³-hybridized carbons (Fsp3) is 0.533. The summed E-state index contributed by atoms with van der Waals surface area (Å²) in [4.78, 5) is 13.6. The number of benzene rings is 1. The molecule has 6 nitrogen and oxygen atoms in total. The van der Waals surface area contributed by atoms with Gasteiger partial charge in [-0.05, 0) is 12.5 Å². The van der Waals surface area contributed by atoms with Crippen molar-refractivity contribution >= 4 is 28.3 Å². The summed E-state index contributed by atoms with van der Waals surface area (Å²) in [5.74, 6) is -0.00292. The number of nitrogens with zero attached hydrogens (tertiary/aromatic N) is 2. The first-order valence-electron chi connectivity index (χ1n) is 7.43. The largest absolute Gasteiger partial charge is 0.340 e. The zero-order valence-electron chi connectivity index (χ0n) is 13.2. The summed E-state index contributed by atoms with van der Waals surface area (Å²) < 4.78 is 26.3. The van der Waals surface area contributed by atoms with Crippen molar-refractivity contribution < 1.29 is 13.2 Å². The molecule has 1 unspecified atom stereocenters. The van der Waals surface area contributed by atoms with E-state index in [9.17, 15) is 13.2 Å². The van der Waals surface area contributed by atoms with Gasteiger partial charge in [-0.2, -0.15) is 4.31 Å². The smallest absolute Gasteiger partial charge is 0.224 e. The quantitative estimate of drug-likeness (QED) is 0.841. The average molecular weight is 362 g/mol. The van der Waals surface area contributed by atoms with Crippen molar-refractivity contribution in [3.05, 3.63) is 35.9 Å². The van der Waals surface area contributed by atoms with Crippen molar-refractivity contribution in [2.24, 2.45) is 5.73 Å². The van der Waals surface area contributed by atoms with Crippen LogP contribution in [0.15, 0.2) is 30.3 Å². The molecule has 0 spiro atoms. The normalized spacial score (nSPS) is 17.4. The predicted molar refractivity (Wildman–Crippen MR) is 92.7 cm³/mol. The molecule has 2 rings (SSSR count). The van der Waals surface area contributed by atoms with Crippen LogP contribution in [-0.4, -0.2) is 55.8 Å².